The first kappa shape index (κ1) is 24.1. The summed E-state index contributed by atoms with van der Waals surface area (Å²) in [6, 6.07) is 12.9. The Labute approximate surface area is 200 Å². The molecule has 0 atom stereocenters. The third-order valence-electron chi connectivity index (χ3n) is 7.18. The fourth-order valence-electron chi connectivity index (χ4n) is 5.20. The van der Waals surface area contributed by atoms with Gasteiger partial charge in [0.25, 0.3) is 0 Å². The van der Waals surface area contributed by atoms with Gasteiger partial charge in [0.15, 0.2) is 0 Å². The van der Waals surface area contributed by atoms with Crippen LogP contribution in [0, 0.1) is 13.8 Å². The van der Waals surface area contributed by atoms with E-state index in [1.807, 2.05) is 0 Å². The molecule has 4 rings (SSSR count). The molecule has 2 fully saturated rings. The predicted molar refractivity (Wildman–Crippen MR) is 138 cm³/mol. The van der Waals surface area contributed by atoms with Crippen molar-refractivity contribution in [3.8, 4) is 22.6 Å². The molecular formula is C29H42N2O2. The molecule has 33 heavy (non-hydrogen) atoms. The summed E-state index contributed by atoms with van der Waals surface area (Å²) in [5.74, 6) is 1.98. The van der Waals surface area contributed by atoms with E-state index in [0.717, 1.165) is 44.1 Å². The van der Waals surface area contributed by atoms with E-state index in [0.29, 0.717) is 0 Å². The van der Waals surface area contributed by atoms with E-state index in [1.165, 1.54) is 87.1 Å². The van der Waals surface area contributed by atoms with E-state index in [2.05, 4.69) is 60.0 Å². The number of aryl methyl sites for hydroxylation is 1. The largest absolute Gasteiger partial charge is 0.494 e. The molecule has 0 saturated carbocycles. The third-order valence-corrected chi connectivity index (χ3v) is 7.18. The molecule has 2 aliphatic heterocycles. The lowest BCUT2D eigenvalue weighted by molar-refractivity contribution is 0.263. The molecule has 0 aromatic heterocycles. The number of likely N-dealkylation sites (tertiary alicyclic amines) is 2. The zero-order valence-electron chi connectivity index (χ0n) is 20.8. The summed E-state index contributed by atoms with van der Waals surface area (Å²) >= 11 is 0. The number of rotatable bonds is 12. The van der Waals surface area contributed by atoms with Crippen molar-refractivity contribution in [2.45, 2.75) is 58.8 Å². The summed E-state index contributed by atoms with van der Waals surface area (Å²) in [6.07, 6.45) is 8.87. The lowest BCUT2D eigenvalue weighted by Gasteiger charge is -2.17. The van der Waals surface area contributed by atoms with Crippen molar-refractivity contribution < 1.29 is 9.47 Å². The highest BCUT2D eigenvalue weighted by Gasteiger charge is 2.13. The van der Waals surface area contributed by atoms with Crippen molar-refractivity contribution in [3.63, 3.8) is 0 Å². The standard InChI is InChI=1S/C29H42N2O2/c1-24-23-26(32-22-10-20-31-17-5-6-18-31)13-14-27(24)28-11-9-12-29(25(28)2)33-21-8-7-19-30-15-3-4-16-30/h9,11-14,23H,3-8,10,15-22H2,1-2H3. The van der Waals surface area contributed by atoms with E-state index >= 15 is 0 Å². The summed E-state index contributed by atoms with van der Waals surface area (Å²) in [4.78, 5) is 5.12. The van der Waals surface area contributed by atoms with Gasteiger partial charge in [0.1, 0.15) is 11.5 Å². The van der Waals surface area contributed by atoms with Crippen LogP contribution in [0.4, 0.5) is 0 Å². The minimum absolute atomic E-state index is 0.787. The zero-order valence-corrected chi connectivity index (χ0v) is 20.8. The Kier molecular flexibility index (Phi) is 9.08. The summed E-state index contributed by atoms with van der Waals surface area (Å²) in [5, 5.41) is 0. The molecule has 0 unspecified atom stereocenters. The Hall–Kier alpha value is -2.04. The van der Waals surface area contributed by atoms with Crippen LogP contribution in [0.2, 0.25) is 0 Å². The highest BCUT2D eigenvalue weighted by molar-refractivity contribution is 5.73. The van der Waals surface area contributed by atoms with Crippen LogP contribution < -0.4 is 9.47 Å². The van der Waals surface area contributed by atoms with Crippen LogP contribution in [0.1, 0.15) is 56.1 Å². The van der Waals surface area contributed by atoms with Crippen molar-refractivity contribution in [2.75, 3.05) is 52.5 Å². The van der Waals surface area contributed by atoms with E-state index in [9.17, 15) is 0 Å². The van der Waals surface area contributed by atoms with Crippen molar-refractivity contribution in [1.82, 2.24) is 9.80 Å². The molecule has 2 aromatic carbocycles. The second kappa shape index (κ2) is 12.4. The van der Waals surface area contributed by atoms with E-state index in [1.54, 1.807) is 0 Å². The molecule has 0 N–H and O–H groups in total. The maximum absolute atomic E-state index is 6.19. The minimum Gasteiger partial charge on any atom is -0.494 e. The Bertz CT molecular complexity index is 870. The van der Waals surface area contributed by atoms with Gasteiger partial charge < -0.3 is 19.3 Å². The van der Waals surface area contributed by atoms with Gasteiger partial charge in [-0.2, -0.15) is 0 Å². The van der Waals surface area contributed by atoms with Gasteiger partial charge in [0.2, 0.25) is 0 Å². The second-order valence-corrected chi connectivity index (χ2v) is 9.76. The molecule has 2 heterocycles. The first-order chi connectivity index (χ1) is 16.2. The van der Waals surface area contributed by atoms with Crippen molar-refractivity contribution in [3.05, 3.63) is 47.5 Å². The normalized spacial score (nSPS) is 17.0. The molecule has 0 spiro atoms. The van der Waals surface area contributed by atoms with Gasteiger partial charge in [-0.25, -0.2) is 0 Å². The fraction of sp³-hybridized carbons (Fsp3) is 0.586. The van der Waals surface area contributed by atoms with E-state index in [4.69, 9.17) is 9.47 Å². The highest BCUT2D eigenvalue weighted by atomic mass is 16.5. The monoisotopic (exact) mass is 450 g/mol. The Morgan fingerprint density at radius 1 is 0.697 bits per heavy atom. The lowest BCUT2D eigenvalue weighted by atomic mass is 9.96. The molecule has 0 amide bonds. The quantitative estimate of drug-likeness (QED) is 0.365. The van der Waals surface area contributed by atoms with E-state index < -0.39 is 0 Å². The molecule has 2 saturated heterocycles. The van der Waals surface area contributed by atoms with Gasteiger partial charge in [-0.15, -0.1) is 0 Å². The number of ether oxygens (including phenoxy) is 2. The Balaban J connectivity index is 1.27. The maximum Gasteiger partial charge on any atom is 0.122 e. The van der Waals surface area contributed by atoms with Crippen LogP contribution >= 0.6 is 0 Å². The molecule has 0 bridgehead atoms. The summed E-state index contributed by atoms with van der Waals surface area (Å²) in [5.41, 5.74) is 4.98. The summed E-state index contributed by atoms with van der Waals surface area (Å²) < 4.78 is 12.2. The summed E-state index contributed by atoms with van der Waals surface area (Å²) in [7, 11) is 0. The number of hydrogen-bond donors (Lipinski definition) is 0. The van der Waals surface area contributed by atoms with Gasteiger partial charge in [0.05, 0.1) is 13.2 Å². The van der Waals surface area contributed by atoms with Gasteiger partial charge in [-0.05, 0) is 132 Å². The number of unbranched alkanes of at least 4 members (excludes halogenated alkanes) is 1. The maximum atomic E-state index is 6.19. The predicted octanol–water partition coefficient (Wildman–Crippen LogP) is 6.09. The molecule has 4 nitrogen and oxygen atoms in total. The number of nitrogens with zero attached hydrogens (tertiary/aromatic N) is 2. The second-order valence-electron chi connectivity index (χ2n) is 9.76. The van der Waals surface area contributed by atoms with Gasteiger partial charge in [-0.3, -0.25) is 0 Å². The Morgan fingerprint density at radius 2 is 1.36 bits per heavy atom. The lowest BCUT2D eigenvalue weighted by Crippen LogP contribution is -2.21. The van der Waals surface area contributed by atoms with Crippen LogP contribution in [-0.4, -0.2) is 62.3 Å². The average Bonchev–Trinajstić information content (AvgIpc) is 3.52. The van der Waals surface area contributed by atoms with Crippen LogP contribution in [0.3, 0.4) is 0 Å². The zero-order chi connectivity index (χ0) is 22.9. The molecule has 0 aliphatic carbocycles. The molecule has 4 heteroatoms. The van der Waals surface area contributed by atoms with Crippen LogP contribution in [0.5, 0.6) is 11.5 Å². The van der Waals surface area contributed by atoms with Gasteiger partial charge in [-0.1, -0.05) is 18.2 Å². The highest BCUT2D eigenvalue weighted by Crippen LogP contribution is 2.33. The first-order valence-electron chi connectivity index (χ1n) is 13.1. The van der Waals surface area contributed by atoms with Gasteiger partial charge in [0, 0.05) is 6.54 Å². The molecule has 2 aliphatic rings. The van der Waals surface area contributed by atoms with Crippen molar-refractivity contribution >= 4 is 0 Å². The number of benzene rings is 2. The van der Waals surface area contributed by atoms with Crippen LogP contribution in [0.15, 0.2) is 36.4 Å². The van der Waals surface area contributed by atoms with Crippen molar-refractivity contribution in [2.24, 2.45) is 0 Å². The van der Waals surface area contributed by atoms with E-state index in [-0.39, 0.29) is 0 Å². The molecular weight excluding hydrogens is 408 g/mol. The fourth-order valence-corrected chi connectivity index (χ4v) is 5.20. The summed E-state index contributed by atoms with van der Waals surface area (Å²) in [6.45, 7) is 13.4. The molecule has 0 radical (unpaired) electrons. The Morgan fingerprint density at radius 3 is 2.06 bits per heavy atom. The molecule has 2 aromatic rings. The van der Waals surface area contributed by atoms with Crippen LogP contribution in [0.25, 0.3) is 11.1 Å². The van der Waals surface area contributed by atoms with Gasteiger partial charge >= 0.3 is 0 Å². The minimum atomic E-state index is 0.787. The smallest absolute Gasteiger partial charge is 0.122 e. The molecule has 180 valence electrons. The number of hydrogen-bond acceptors (Lipinski definition) is 4. The van der Waals surface area contributed by atoms with Crippen molar-refractivity contribution in [1.29, 1.82) is 0 Å². The van der Waals surface area contributed by atoms with Crippen LogP contribution in [-0.2, 0) is 0 Å². The SMILES string of the molecule is Cc1cc(OCCCN2CCCC2)ccc1-c1cccc(OCCCCN2CCCC2)c1C. The third kappa shape index (κ3) is 6.97. The first-order valence-corrected chi connectivity index (χ1v) is 13.1. The average molecular weight is 451 g/mol. The topological polar surface area (TPSA) is 24.9 Å².